The zero-order valence-electron chi connectivity index (χ0n) is 17.6. The highest BCUT2D eigenvalue weighted by molar-refractivity contribution is 7.97. The van der Waals surface area contributed by atoms with Gasteiger partial charge in [0.15, 0.2) is 16.4 Å². The first-order valence-corrected chi connectivity index (χ1v) is 11.2. The lowest BCUT2D eigenvalue weighted by atomic mass is 10.0. The summed E-state index contributed by atoms with van der Waals surface area (Å²) in [6, 6.07) is 10.2. The zero-order chi connectivity index (χ0) is 22.8. The lowest BCUT2D eigenvalue weighted by Gasteiger charge is -2.30. The number of nitrogens with zero attached hydrogens (tertiary/aromatic N) is 1. The first kappa shape index (κ1) is 22.8. The molecule has 0 saturated heterocycles. The molecule has 0 unspecified atom stereocenters. The number of carbonyl (C=O) groups excluding carboxylic acids is 1. The molecule has 166 valence electrons. The molecule has 1 amide bonds. The third-order valence-electron chi connectivity index (χ3n) is 4.89. The van der Waals surface area contributed by atoms with Crippen LogP contribution in [0.4, 0.5) is 5.69 Å². The number of nitrogens with one attached hydrogen (secondary N) is 1. The first-order valence-electron chi connectivity index (χ1n) is 9.34. The van der Waals surface area contributed by atoms with Crippen LogP contribution in [0.15, 0.2) is 41.3 Å². The van der Waals surface area contributed by atoms with Gasteiger partial charge in [-0.05, 0) is 30.7 Å². The number of fused-ring (bicyclic) bond motifs is 1. The molecule has 2 aromatic rings. The van der Waals surface area contributed by atoms with Crippen LogP contribution in [-0.2, 0) is 14.8 Å². The summed E-state index contributed by atoms with van der Waals surface area (Å²) in [4.78, 5) is 12.5. The first-order chi connectivity index (χ1) is 14.7. The summed E-state index contributed by atoms with van der Waals surface area (Å²) in [5.41, 5.74) is 1.28. The van der Waals surface area contributed by atoms with Crippen molar-refractivity contribution < 1.29 is 27.4 Å². The van der Waals surface area contributed by atoms with E-state index in [1.807, 2.05) is 0 Å². The van der Waals surface area contributed by atoms with Crippen molar-refractivity contribution in [2.75, 3.05) is 38.7 Å². The summed E-state index contributed by atoms with van der Waals surface area (Å²) in [7, 11) is 0.279. The van der Waals surface area contributed by atoms with E-state index in [4.69, 9.17) is 25.8 Å². The van der Waals surface area contributed by atoms with Crippen molar-refractivity contribution in [3.8, 4) is 17.2 Å². The Morgan fingerprint density at radius 3 is 2.39 bits per heavy atom. The van der Waals surface area contributed by atoms with Crippen LogP contribution in [0.3, 0.4) is 0 Å². The van der Waals surface area contributed by atoms with Gasteiger partial charge in [-0.3, -0.25) is 9.10 Å². The minimum Gasteiger partial charge on any atom is -0.493 e. The van der Waals surface area contributed by atoms with Gasteiger partial charge >= 0.3 is 0 Å². The molecule has 1 heterocycles. The van der Waals surface area contributed by atoms with Crippen molar-refractivity contribution in [2.45, 2.75) is 6.92 Å². The van der Waals surface area contributed by atoms with Gasteiger partial charge in [0.2, 0.25) is 0 Å². The zero-order valence-corrected chi connectivity index (χ0v) is 19.1. The Hall–Kier alpha value is -2.91. The predicted molar refractivity (Wildman–Crippen MR) is 119 cm³/mol. The smallest absolute Gasteiger partial charge is 0.269 e. The Morgan fingerprint density at radius 2 is 1.74 bits per heavy atom. The highest BCUT2D eigenvalue weighted by Crippen LogP contribution is 2.44. The van der Waals surface area contributed by atoms with Gasteiger partial charge in [-0.15, -0.1) is 0 Å². The molecule has 2 aromatic carbocycles. The number of sulfonamides is 1. The third kappa shape index (κ3) is 4.28. The molecule has 0 atom stereocenters. The Morgan fingerprint density at radius 1 is 1.10 bits per heavy atom. The lowest BCUT2D eigenvalue weighted by molar-refractivity contribution is -0.116. The number of hydrogen-bond donors (Lipinski definition) is 1. The molecule has 0 saturated carbocycles. The van der Waals surface area contributed by atoms with Crippen LogP contribution in [0, 0.1) is 0 Å². The maximum atomic E-state index is 13.1. The van der Waals surface area contributed by atoms with Crippen LogP contribution in [0.25, 0.3) is 5.57 Å². The Kier molecular flexibility index (Phi) is 6.66. The molecule has 0 bridgehead atoms. The van der Waals surface area contributed by atoms with E-state index in [2.05, 4.69) is 5.32 Å². The summed E-state index contributed by atoms with van der Waals surface area (Å²) in [6.45, 7) is 1.81. The molecule has 0 aromatic heterocycles. The average Bonchev–Trinajstić information content (AvgIpc) is 2.75. The molecule has 3 rings (SSSR count). The minimum absolute atomic E-state index is 0.0961. The van der Waals surface area contributed by atoms with Crippen LogP contribution in [0.2, 0.25) is 5.02 Å². The van der Waals surface area contributed by atoms with E-state index in [9.17, 15) is 13.2 Å². The molecular weight excluding hydrogens is 444 g/mol. The number of halogens is 1. The van der Waals surface area contributed by atoms with Crippen molar-refractivity contribution in [3.63, 3.8) is 0 Å². The average molecular weight is 467 g/mol. The minimum atomic E-state index is -4.06. The molecular formula is C21H23ClN2O6S. The van der Waals surface area contributed by atoms with Gasteiger partial charge in [-0.2, -0.15) is 0 Å². The largest absolute Gasteiger partial charge is 0.493 e. The van der Waals surface area contributed by atoms with Gasteiger partial charge in [0.1, 0.15) is 12.4 Å². The van der Waals surface area contributed by atoms with Crippen molar-refractivity contribution in [1.29, 1.82) is 0 Å². The maximum Gasteiger partial charge on any atom is 0.269 e. The predicted octanol–water partition coefficient (Wildman–Crippen LogP) is 3.06. The fourth-order valence-corrected chi connectivity index (χ4v) is 4.94. The Labute approximate surface area is 186 Å². The number of allylic oxidation sites excluding steroid dienone is 1. The number of amides is 1. The molecule has 1 N–H and O–H groups in total. The highest BCUT2D eigenvalue weighted by Gasteiger charge is 2.38. The number of methoxy groups -OCH3 is 2. The van der Waals surface area contributed by atoms with Gasteiger partial charge < -0.3 is 19.5 Å². The van der Waals surface area contributed by atoms with E-state index in [-0.39, 0.29) is 18.1 Å². The molecule has 8 nitrogen and oxygen atoms in total. The molecule has 0 fully saturated rings. The number of ether oxygens (including phenoxy) is 3. The normalized spacial score (nSPS) is 14.7. The quantitative estimate of drug-likeness (QED) is 0.630. The molecule has 0 radical (unpaired) electrons. The number of anilines is 1. The van der Waals surface area contributed by atoms with Gasteiger partial charge in [0.25, 0.3) is 15.9 Å². The Balaban J connectivity index is 1.85. The highest BCUT2D eigenvalue weighted by atomic mass is 35.5. The lowest BCUT2D eigenvalue weighted by Crippen LogP contribution is -2.40. The monoisotopic (exact) mass is 466 g/mol. The maximum absolute atomic E-state index is 13.1. The van der Waals surface area contributed by atoms with Crippen LogP contribution in [-0.4, -0.2) is 48.7 Å². The van der Waals surface area contributed by atoms with Gasteiger partial charge in [0, 0.05) is 18.7 Å². The van der Waals surface area contributed by atoms with Gasteiger partial charge in [-0.25, -0.2) is 8.42 Å². The van der Waals surface area contributed by atoms with Crippen LogP contribution < -0.4 is 23.8 Å². The second-order valence-corrected chi connectivity index (χ2v) is 9.00. The van der Waals surface area contributed by atoms with Crippen molar-refractivity contribution in [1.82, 2.24) is 5.32 Å². The second-order valence-electron chi connectivity index (χ2n) is 6.69. The standard InChI is InChI=1S/C21H23ClN2O6S/c1-13-14-11-18(28-3)19(29-4)12-16(14)24(2)31(26,27)20(13)21(25)23-9-10-30-17-8-6-5-7-15(17)22/h5-8,11-12H,9-10H2,1-4H3,(H,23,25). The molecule has 0 spiro atoms. The van der Waals surface area contributed by atoms with E-state index in [0.717, 1.165) is 4.31 Å². The van der Waals surface area contributed by atoms with Crippen molar-refractivity contribution in [2.24, 2.45) is 0 Å². The van der Waals surface area contributed by atoms with E-state index in [1.54, 1.807) is 43.3 Å². The molecule has 1 aliphatic rings. The molecule has 1 aliphatic heterocycles. The van der Waals surface area contributed by atoms with Crippen LogP contribution in [0.1, 0.15) is 12.5 Å². The van der Waals surface area contributed by atoms with Gasteiger partial charge in [-0.1, -0.05) is 23.7 Å². The van der Waals surface area contributed by atoms with E-state index >= 15 is 0 Å². The summed E-state index contributed by atoms with van der Waals surface area (Å²) >= 11 is 6.03. The topological polar surface area (TPSA) is 94.2 Å². The number of rotatable bonds is 7. The number of hydrogen-bond acceptors (Lipinski definition) is 6. The van der Waals surface area contributed by atoms with E-state index < -0.39 is 15.9 Å². The number of carbonyl (C=O) groups is 1. The SMILES string of the molecule is COc1cc2c(cc1OC)N(C)S(=O)(=O)C(C(=O)NCCOc1ccccc1Cl)=C2C. The van der Waals surface area contributed by atoms with E-state index in [1.165, 1.54) is 21.3 Å². The fraction of sp³-hybridized carbons (Fsp3) is 0.286. The number of para-hydroxylation sites is 1. The summed E-state index contributed by atoms with van der Waals surface area (Å²) in [5.74, 6) is 0.586. The third-order valence-corrected chi connectivity index (χ3v) is 7.13. The summed E-state index contributed by atoms with van der Waals surface area (Å²) in [5, 5.41) is 3.05. The van der Waals surface area contributed by atoms with Gasteiger partial charge in [0.05, 0.1) is 31.5 Å². The number of benzene rings is 2. The summed E-state index contributed by atoms with van der Waals surface area (Å²) < 4.78 is 43.3. The second kappa shape index (κ2) is 9.07. The van der Waals surface area contributed by atoms with Crippen LogP contribution in [0.5, 0.6) is 17.2 Å². The van der Waals surface area contributed by atoms with Crippen LogP contribution >= 0.6 is 11.6 Å². The Bertz CT molecular complexity index is 1150. The van der Waals surface area contributed by atoms with E-state index in [0.29, 0.717) is 39.1 Å². The fourth-order valence-electron chi connectivity index (χ4n) is 3.27. The molecule has 31 heavy (non-hydrogen) atoms. The molecule has 10 heteroatoms. The van der Waals surface area contributed by atoms with Crippen molar-refractivity contribution in [3.05, 3.63) is 51.9 Å². The van der Waals surface area contributed by atoms with Crippen molar-refractivity contribution >= 4 is 38.8 Å². The molecule has 0 aliphatic carbocycles. The summed E-state index contributed by atoms with van der Waals surface area (Å²) in [6.07, 6.45) is 0.